The Morgan fingerprint density at radius 2 is 1.88 bits per heavy atom. The van der Waals surface area contributed by atoms with Gasteiger partial charge in [0.2, 0.25) is 0 Å². The molecule has 5 nitrogen and oxygen atoms in total. The number of phenolic OH excluding ortho intramolecular Hbond substituents is 1. The number of rotatable bonds is 4. The first kappa shape index (κ1) is 16.2. The molecule has 1 aliphatic heterocycles. The maximum absolute atomic E-state index is 9.34. The third kappa shape index (κ3) is 3.79. The lowest BCUT2D eigenvalue weighted by molar-refractivity contribution is 0.475. The molecule has 0 spiro atoms. The van der Waals surface area contributed by atoms with Crippen LogP contribution in [-0.2, 0) is 6.42 Å². The van der Waals surface area contributed by atoms with Crippen LogP contribution in [0.2, 0.25) is 0 Å². The third-order valence-electron chi connectivity index (χ3n) is 4.20. The summed E-state index contributed by atoms with van der Waals surface area (Å²) in [6, 6.07) is 7.28. The summed E-state index contributed by atoms with van der Waals surface area (Å²) < 4.78 is 0. The highest BCUT2D eigenvalue weighted by Gasteiger charge is 2.07. The van der Waals surface area contributed by atoms with E-state index in [1.165, 1.54) is 16.7 Å². The van der Waals surface area contributed by atoms with E-state index in [1.54, 1.807) is 18.5 Å². The van der Waals surface area contributed by atoms with Gasteiger partial charge in [-0.1, -0.05) is 23.3 Å². The van der Waals surface area contributed by atoms with Crippen molar-refractivity contribution in [2.75, 3.05) is 11.9 Å². The molecule has 24 heavy (non-hydrogen) atoms. The zero-order chi connectivity index (χ0) is 16.9. The first-order valence-electron chi connectivity index (χ1n) is 8.19. The normalized spacial score (nSPS) is 14.1. The smallest absolute Gasteiger partial charge is 0.164 e. The van der Waals surface area contributed by atoms with Crippen LogP contribution in [0.3, 0.4) is 0 Å². The van der Waals surface area contributed by atoms with Gasteiger partial charge in [-0.05, 0) is 50.8 Å². The van der Waals surface area contributed by atoms with Crippen LogP contribution in [0.25, 0.3) is 5.57 Å². The summed E-state index contributed by atoms with van der Waals surface area (Å²) in [6.07, 6.45) is 6.32. The van der Waals surface area contributed by atoms with E-state index in [2.05, 4.69) is 34.1 Å². The molecule has 0 saturated carbocycles. The lowest BCUT2D eigenvalue weighted by Crippen LogP contribution is -2.34. The Morgan fingerprint density at radius 3 is 2.67 bits per heavy atom. The van der Waals surface area contributed by atoms with E-state index in [4.69, 9.17) is 0 Å². The van der Waals surface area contributed by atoms with Gasteiger partial charge in [0, 0.05) is 12.7 Å². The average Bonchev–Trinajstić information content (AvgIpc) is 2.58. The second-order valence-corrected chi connectivity index (χ2v) is 6.15. The summed E-state index contributed by atoms with van der Waals surface area (Å²) in [5.74, 6) is 1.13. The number of hydrogen-bond donors (Lipinski definition) is 2. The molecule has 1 aromatic carbocycles. The second kappa shape index (κ2) is 7.25. The molecule has 124 valence electrons. The van der Waals surface area contributed by atoms with E-state index >= 15 is 0 Å². The van der Waals surface area contributed by atoms with Gasteiger partial charge in [-0.15, -0.1) is 0 Å². The van der Waals surface area contributed by atoms with Crippen LogP contribution in [0.15, 0.2) is 47.4 Å². The molecule has 1 aromatic heterocycles. The van der Waals surface area contributed by atoms with Crippen molar-refractivity contribution in [3.63, 3.8) is 0 Å². The van der Waals surface area contributed by atoms with Crippen LogP contribution in [-0.4, -0.2) is 21.6 Å². The van der Waals surface area contributed by atoms with Gasteiger partial charge >= 0.3 is 0 Å². The monoisotopic (exact) mass is 322 g/mol. The van der Waals surface area contributed by atoms with Crippen molar-refractivity contribution in [3.8, 4) is 5.75 Å². The van der Waals surface area contributed by atoms with Crippen LogP contribution in [0, 0.1) is 0 Å². The van der Waals surface area contributed by atoms with Crippen molar-refractivity contribution in [2.24, 2.45) is 4.99 Å². The number of nitrogens with zero attached hydrogens (tertiary/aromatic N) is 3. The Bertz CT molecular complexity index is 869. The largest absolute Gasteiger partial charge is 0.508 e. The maximum atomic E-state index is 9.34. The maximum Gasteiger partial charge on any atom is 0.164 e. The highest BCUT2D eigenvalue weighted by atomic mass is 16.3. The number of phenols is 1. The predicted octanol–water partition coefficient (Wildman–Crippen LogP) is 2.32. The van der Waals surface area contributed by atoms with E-state index < -0.39 is 0 Å². The zero-order valence-corrected chi connectivity index (χ0v) is 14.1. The Kier molecular flexibility index (Phi) is 4.89. The molecule has 0 saturated heterocycles. The molecule has 0 fully saturated rings. The lowest BCUT2D eigenvalue weighted by atomic mass is 10.0. The van der Waals surface area contributed by atoms with Gasteiger partial charge in [0.25, 0.3) is 0 Å². The van der Waals surface area contributed by atoms with Crippen molar-refractivity contribution >= 4 is 11.4 Å². The van der Waals surface area contributed by atoms with Crippen molar-refractivity contribution in [1.29, 1.82) is 0 Å². The molecule has 5 heteroatoms. The molecule has 3 rings (SSSR count). The Hall–Kier alpha value is -2.69. The summed E-state index contributed by atoms with van der Waals surface area (Å²) >= 11 is 0. The molecule has 0 atom stereocenters. The van der Waals surface area contributed by atoms with Crippen molar-refractivity contribution < 1.29 is 5.11 Å². The number of benzene rings is 1. The minimum absolute atomic E-state index is 0.291. The number of allylic oxidation sites excluding steroid dienone is 1. The first-order valence-corrected chi connectivity index (χ1v) is 8.19. The van der Waals surface area contributed by atoms with Crippen molar-refractivity contribution in [3.05, 3.63) is 58.6 Å². The standard InChI is InChI=1S/C19H22N4O/c1-13-3-4-14(2)17-18(22-12-23-19(17)21-11-13)20-10-9-15-5-7-16(24)8-6-15/h5-8,11-12,24H,3-4,9-10H2,1-2H3,(H,20,21,22,23). The quantitative estimate of drug-likeness (QED) is 0.906. The Labute approximate surface area is 141 Å². The fourth-order valence-corrected chi connectivity index (χ4v) is 2.73. The van der Waals surface area contributed by atoms with Crippen LogP contribution < -0.4 is 16.0 Å². The molecular formula is C19H22N4O. The van der Waals surface area contributed by atoms with E-state index in [9.17, 15) is 5.11 Å². The minimum Gasteiger partial charge on any atom is -0.508 e. The highest BCUT2D eigenvalue weighted by Crippen LogP contribution is 2.13. The second-order valence-electron chi connectivity index (χ2n) is 6.15. The summed E-state index contributed by atoms with van der Waals surface area (Å²) in [5, 5.41) is 13.8. The first-order chi connectivity index (χ1) is 11.6. The number of aromatic nitrogens is 2. The number of anilines is 1. The van der Waals surface area contributed by atoms with Crippen LogP contribution in [0.5, 0.6) is 5.75 Å². The van der Waals surface area contributed by atoms with Crippen molar-refractivity contribution in [1.82, 2.24) is 9.97 Å². The molecule has 2 heterocycles. The van der Waals surface area contributed by atoms with Crippen LogP contribution >= 0.6 is 0 Å². The molecule has 2 aromatic rings. The fourth-order valence-electron chi connectivity index (χ4n) is 2.73. The minimum atomic E-state index is 0.291. The molecule has 0 radical (unpaired) electrons. The van der Waals surface area contributed by atoms with E-state index in [1.807, 2.05) is 18.3 Å². The highest BCUT2D eigenvalue weighted by molar-refractivity contribution is 5.51. The van der Waals surface area contributed by atoms with Gasteiger partial charge in [-0.25, -0.2) is 15.0 Å². The Balaban J connectivity index is 1.83. The Morgan fingerprint density at radius 1 is 1.08 bits per heavy atom. The van der Waals surface area contributed by atoms with E-state index in [0.717, 1.165) is 42.3 Å². The number of fused-ring (bicyclic) bond motifs is 1. The fraction of sp³-hybridized carbons (Fsp3) is 0.316. The molecule has 0 amide bonds. The molecule has 2 N–H and O–H groups in total. The topological polar surface area (TPSA) is 70.4 Å². The van der Waals surface area contributed by atoms with Gasteiger partial charge in [0.05, 0.1) is 5.22 Å². The number of hydrogen-bond acceptors (Lipinski definition) is 5. The summed E-state index contributed by atoms with van der Waals surface area (Å²) in [6.45, 7) is 4.98. The van der Waals surface area contributed by atoms with Gasteiger partial charge in [-0.2, -0.15) is 0 Å². The third-order valence-corrected chi connectivity index (χ3v) is 4.20. The summed E-state index contributed by atoms with van der Waals surface area (Å²) in [7, 11) is 0. The summed E-state index contributed by atoms with van der Waals surface area (Å²) in [5.41, 5.74) is 4.42. The van der Waals surface area contributed by atoms with Crippen LogP contribution in [0.4, 0.5) is 5.82 Å². The van der Waals surface area contributed by atoms with E-state index in [-0.39, 0.29) is 0 Å². The summed E-state index contributed by atoms with van der Waals surface area (Å²) in [4.78, 5) is 13.3. The van der Waals surface area contributed by atoms with E-state index in [0.29, 0.717) is 5.75 Å². The van der Waals surface area contributed by atoms with Crippen molar-refractivity contribution in [2.45, 2.75) is 33.1 Å². The average molecular weight is 322 g/mol. The number of nitrogens with one attached hydrogen (secondary N) is 1. The predicted molar refractivity (Wildman–Crippen MR) is 95.2 cm³/mol. The van der Waals surface area contributed by atoms with Crippen LogP contribution in [0.1, 0.15) is 32.3 Å². The molecular weight excluding hydrogens is 300 g/mol. The molecule has 0 aliphatic carbocycles. The van der Waals surface area contributed by atoms with Gasteiger partial charge < -0.3 is 10.4 Å². The molecule has 0 bridgehead atoms. The zero-order valence-electron chi connectivity index (χ0n) is 14.1. The van der Waals surface area contributed by atoms with Gasteiger partial charge in [-0.3, -0.25) is 0 Å². The van der Waals surface area contributed by atoms with Gasteiger partial charge in [0.15, 0.2) is 5.49 Å². The lowest BCUT2D eigenvalue weighted by Gasteiger charge is -2.10. The number of aromatic hydroxyl groups is 1. The molecule has 1 aliphatic rings. The van der Waals surface area contributed by atoms with Gasteiger partial charge in [0.1, 0.15) is 17.9 Å². The molecule has 0 unspecified atom stereocenters. The SMILES string of the molecule is CC1=CN=c2ncnc(NCCc3ccc(O)cc3)c2=C(C)CC1.